The van der Waals surface area contributed by atoms with Crippen LogP contribution in [0, 0.1) is 13.8 Å². The van der Waals surface area contributed by atoms with Gasteiger partial charge >= 0.3 is 0 Å². The first-order chi connectivity index (χ1) is 7.19. The summed E-state index contributed by atoms with van der Waals surface area (Å²) in [6.07, 6.45) is 1.60. The summed E-state index contributed by atoms with van der Waals surface area (Å²) in [4.78, 5) is 4.28. The molecule has 0 unspecified atom stereocenters. The molecule has 0 aliphatic rings. The SMILES string of the molecule is Cc1cc(C)cc(-c2nc(CCl)co2)c1. The smallest absolute Gasteiger partial charge is 0.226 e. The molecule has 2 rings (SSSR count). The van der Waals surface area contributed by atoms with Gasteiger partial charge in [0.1, 0.15) is 6.26 Å². The Balaban J connectivity index is 2.44. The van der Waals surface area contributed by atoms with E-state index < -0.39 is 0 Å². The van der Waals surface area contributed by atoms with E-state index in [2.05, 4.69) is 37.0 Å². The van der Waals surface area contributed by atoms with Crippen LogP contribution >= 0.6 is 11.6 Å². The van der Waals surface area contributed by atoms with Crippen LogP contribution in [0.25, 0.3) is 11.5 Å². The molecule has 0 spiro atoms. The monoisotopic (exact) mass is 221 g/mol. The van der Waals surface area contributed by atoms with Crippen molar-refractivity contribution in [1.82, 2.24) is 4.98 Å². The molecule has 0 radical (unpaired) electrons. The van der Waals surface area contributed by atoms with E-state index in [1.54, 1.807) is 6.26 Å². The molecular weight excluding hydrogens is 210 g/mol. The molecule has 1 aromatic carbocycles. The molecule has 1 heterocycles. The zero-order valence-electron chi connectivity index (χ0n) is 8.75. The fraction of sp³-hybridized carbons (Fsp3) is 0.250. The second-order valence-corrected chi connectivity index (χ2v) is 3.92. The molecule has 0 amide bonds. The third kappa shape index (κ3) is 2.21. The first-order valence-electron chi connectivity index (χ1n) is 4.78. The van der Waals surface area contributed by atoms with Crippen molar-refractivity contribution >= 4 is 11.6 Å². The number of oxazole rings is 1. The first kappa shape index (κ1) is 10.2. The summed E-state index contributed by atoms with van der Waals surface area (Å²) < 4.78 is 5.36. The molecule has 0 aliphatic heterocycles. The first-order valence-corrected chi connectivity index (χ1v) is 5.31. The third-order valence-electron chi connectivity index (χ3n) is 2.16. The second-order valence-electron chi connectivity index (χ2n) is 3.65. The molecule has 78 valence electrons. The quantitative estimate of drug-likeness (QED) is 0.723. The minimum atomic E-state index is 0.383. The highest BCUT2D eigenvalue weighted by molar-refractivity contribution is 6.16. The summed E-state index contributed by atoms with van der Waals surface area (Å²) in [5.41, 5.74) is 4.18. The molecule has 0 aliphatic carbocycles. The van der Waals surface area contributed by atoms with Gasteiger partial charge in [-0.1, -0.05) is 17.2 Å². The van der Waals surface area contributed by atoms with Crippen molar-refractivity contribution in [2.75, 3.05) is 0 Å². The van der Waals surface area contributed by atoms with Crippen molar-refractivity contribution in [2.24, 2.45) is 0 Å². The molecule has 0 N–H and O–H groups in total. The fourth-order valence-corrected chi connectivity index (χ4v) is 1.72. The zero-order chi connectivity index (χ0) is 10.8. The lowest BCUT2D eigenvalue weighted by molar-refractivity contribution is 0.573. The number of halogens is 1. The topological polar surface area (TPSA) is 26.0 Å². The molecule has 15 heavy (non-hydrogen) atoms. The van der Waals surface area contributed by atoms with Gasteiger partial charge in [0.15, 0.2) is 0 Å². The van der Waals surface area contributed by atoms with E-state index in [1.807, 2.05) is 0 Å². The lowest BCUT2D eigenvalue weighted by atomic mass is 10.1. The van der Waals surface area contributed by atoms with Crippen LogP contribution in [0.1, 0.15) is 16.8 Å². The minimum absolute atomic E-state index is 0.383. The van der Waals surface area contributed by atoms with Gasteiger partial charge in [-0.2, -0.15) is 0 Å². The van der Waals surface area contributed by atoms with Gasteiger partial charge in [-0.25, -0.2) is 4.98 Å². The van der Waals surface area contributed by atoms with Gasteiger partial charge in [0.25, 0.3) is 0 Å². The van der Waals surface area contributed by atoms with Gasteiger partial charge in [0, 0.05) is 5.56 Å². The van der Waals surface area contributed by atoms with E-state index in [1.165, 1.54) is 11.1 Å². The van der Waals surface area contributed by atoms with E-state index in [-0.39, 0.29) is 0 Å². The number of aromatic nitrogens is 1. The predicted molar refractivity (Wildman–Crippen MR) is 61.0 cm³/mol. The van der Waals surface area contributed by atoms with Gasteiger partial charge in [-0.15, -0.1) is 11.6 Å². The molecule has 2 nitrogen and oxygen atoms in total. The number of hydrogen-bond donors (Lipinski definition) is 0. The predicted octanol–water partition coefficient (Wildman–Crippen LogP) is 3.70. The number of rotatable bonds is 2. The normalized spacial score (nSPS) is 10.6. The number of alkyl halides is 1. The van der Waals surface area contributed by atoms with E-state index in [9.17, 15) is 0 Å². The van der Waals surface area contributed by atoms with Crippen LogP contribution in [0.4, 0.5) is 0 Å². The average molecular weight is 222 g/mol. The Morgan fingerprint density at radius 3 is 2.40 bits per heavy atom. The molecule has 0 saturated heterocycles. The van der Waals surface area contributed by atoms with Crippen LogP contribution in [-0.4, -0.2) is 4.98 Å². The summed E-state index contributed by atoms with van der Waals surface area (Å²) >= 11 is 5.67. The lowest BCUT2D eigenvalue weighted by Crippen LogP contribution is -1.83. The van der Waals surface area contributed by atoms with E-state index in [0.717, 1.165) is 11.3 Å². The van der Waals surface area contributed by atoms with Crippen molar-refractivity contribution < 1.29 is 4.42 Å². The molecular formula is C12H12ClNO. The molecule has 0 fully saturated rings. The summed E-state index contributed by atoms with van der Waals surface area (Å²) in [5, 5.41) is 0. The Hall–Kier alpha value is -1.28. The van der Waals surface area contributed by atoms with E-state index in [0.29, 0.717) is 11.8 Å². The molecule has 3 heteroatoms. The standard InChI is InChI=1S/C12H12ClNO/c1-8-3-9(2)5-10(4-8)12-14-11(6-13)7-15-12/h3-5,7H,6H2,1-2H3. The summed E-state index contributed by atoms with van der Waals surface area (Å²) in [5.74, 6) is 1.02. The highest BCUT2D eigenvalue weighted by Gasteiger charge is 2.06. The lowest BCUT2D eigenvalue weighted by Gasteiger charge is -2.00. The highest BCUT2D eigenvalue weighted by Crippen LogP contribution is 2.21. The van der Waals surface area contributed by atoms with Crippen molar-refractivity contribution in [3.8, 4) is 11.5 Å². The highest BCUT2D eigenvalue weighted by atomic mass is 35.5. The van der Waals surface area contributed by atoms with Crippen LogP contribution in [0.3, 0.4) is 0 Å². The Kier molecular flexibility index (Phi) is 2.78. The maximum absolute atomic E-state index is 5.67. The Morgan fingerprint density at radius 2 is 1.87 bits per heavy atom. The average Bonchev–Trinajstić information content (AvgIpc) is 2.64. The third-order valence-corrected chi connectivity index (χ3v) is 2.43. The maximum Gasteiger partial charge on any atom is 0.226 e. The van der Waals surface area contributed by atoms with E-state index in [4.69, 9.17) is 16.0 Å². The second kappa shape index (κ2) is 4.07. The van der Waals surface area contributed by atoms with Gasteiger partial charge in [-0.05, 0) is 26.0 Å². The Bertz CT molecular complexity index is 456. The van der Waals surface area contributed by atoms with E-state index >= 15 is 0 Å². The van der Waals surface area contributed by atoms with Crippen molar-refractivity contribution in [3.63, 3.8) is 0 Å². The zero-order valence-corrected chi connectivity index (χ0v) is 9.51. The van der Waals surface area contributed by atoms with Crippen molar-refractivity contribution in [2.45, 2.75) is 19.7 Å². The summed E-state index contributed by atoms with van der Waals surface area (Å²) in [6.45, 7) is 4.11. The summed E-state index contributed by atoms with van der Waals surface area (Å²) in [7, 11) is 0. The van der Waals surface area contributed by atoms with Crippen LogP contribution in [0.2, 0.25) is 0 Å². The maximum atomic E-state index is 5.67. The number of nitrogens with zero attached hydrogens (tertiary/aromatic N) is 1. The Morgan fingerprint density at radius 1 is 1.20 bits per heavy atom. The van der Waals surface area contributed by atoms with Gasteiger partial charge in [0.2, 0.25) is 5.89 Å². The Labute approximate surface area is 93.9 Å². The minimum Gasteiger partial charge on any atom is -0.444 e. The van der Waals surface area contributed by atoms with Crippen LogP contribution in [0.5, 0.6) is 0 Å². The van der Waals surface area contributed by atoms with Crippen molar-refractivity contribution in [1.29, 1.82) is 0 Å². The van der Waals surface area contributed by atoms with Crippen LogP contribution in [0.15, 0.2) is 28.9 Å². The van der Waals surface area contributed by atoms with Gasteiger partial charge in [0.05, 0.1) is 11.6 Å². The molecule has 2 aromatic rings. The molecule has 0 atom stereocenters. The van der Waals surface area contributed by atoms with Crippen LogP contribution in [-0.2, 0) is 5.88 Å². The van der Waals surface area contributed by atoms with Crippen molar-refractivity contribution in [3.05, 3.63) is 41.3 Å². The number of aryl methyl sites for hydroxylation is 2. The molecule has 0 bridgehead atoms. The van der Waals surface area contributed by atoms with Gasteiger partial charge < -0.3 is 4.42 Å². The molecule has 1 aromatic heterocycles. The summed E-state index contributed by atoms with van der Waals surface area (Å²) in [6, 6.07) is 6.22. The number of benzene rings is 1. The van der Waals surface area contributed by atoms with Crippen LogP contribution < -0.4 is 0 Å². The fourth-order valence-electron chi connectivity index (χ4n) is 1.60. The molecule has 0 saturated carbocycles. The number of hydrogen-bond acceptors (Lipinski definition) is 2. The van der Waals surface area contributed by atoms with Gasteiger partial charge in [-0.3, -0.25) is 0 Å². The largest absolute Gasteiger partial charge is 0.444 e.